The van der Waals surface area contributed by atoms with Crippen LogP contribution in [0.3, 0.4) is 0 Å². The zero-order valence-corrected chi connectivity index (χ0v) is 37.9. The summed E-state index contributed by atoms with van der Waals surface area (Å²) in [5.74, 6) is 8.17. The van der Waals surface area contributed by atoms with Crippen molar-refractivity contribution < 1.29 is 0 Å². The van der Waals surface area contributed by atoms with E-state index in [1.807, 2.05) is 34.6 Å². The Hall–Kier alpha value is -4.42. The maximum Gasteiger partial charge on any atom is 0.0373 e. The largest absolute Gasteiger partial charge is 0.403 e. The highest BCUT2D eigenvalue weighted by Crippen LogP contribution is 2.28. The number of benzene rings is 2. The molecule has 0 radical (unpaired) electrons. The van der Waals surface area contributed by atoms with E-state index in [0.717, 1.165) is 76.3 Å². The van der Waals surface area contributed by atoms with Crippen LogP contribution in [0.5, 0.6) is 0 Å². The zero-order chi connectivity index (χ0) is 42.9. The van der Waals surface area contributed by atoms with Crippen molar-refractivity contribution in [3.8, 4) is 24.7 Å². The Labute approximate surface area is 351 Å². The fraction of sp³-hybridized carbons (Fsp3) is 0.500. The lowest BCUT2D eigenvalue weighted by atomic mass is 9.93. The number of hydrogen-bond acceptors (Lipinski definition) is 5. The summed E-state index contributed by atoms with van der Waals surface area (Å²) in [6.07, 6.45) is 17.8. The second-order valence-corrected chi connectivity index (χ2v) is 15.0. The lowest BCUT2D eigenvalue weighted by Gasteiger charge is -2.38. The third kappa shape index (κ3) is 17.3. The Morgan fingerprint density at radius 1 is 0.895 bits per heavy atom. The zero-order valence-electron chi connectivity index (χ0n) is 37.9. The van der Waals surface area contributed by atoms with Gasteiger partial charge in [0.1, 0.15) is 0 Å². The lowest BCUT2D eigenvalue weighted by molar-refractivity contribution is 0.165. The minimum atomic E-state index is 0.508. The van der Waals surface area contributed by atoms with E-state index in [1.165, 1.54) is 76.2 Å². The molecule has 57 heavy (non-hydrogen) atoms. The van der Waals surface area contributed by atoms with Gasteiger partial charge in [-0.3, -0.25) is 4.90 Å². The molecule has 2 aromatic carbocycles. The van der Waals surface area contributed by atoms with Gasteiger partial charge in [0, 0.05) is 80.5 Å². The Balaban J connectivity index is 0.000000872. The Morgan fingerprint density at radius 3 is 2.04 bits per heavy atom. The molecule has 0 saturated carbocycles. The van der Waals surface area contributed by atoms with Crippen molar-refractivity contribution in [3.05, 3.63) is 113 Å². The molecule has 5 heteroatoms. The third-order valence-electron chi connectivity index (χ3n) is 10.9. The minimum absolute atomic E-state index is 0.508. The van der Waals surface area contributed by atoms with Crippen molar-refractivity contribution in [1.29, 1.82) is 0 Å². The van der Waals surface area contributed by atoms with Crippen LogP contribution in [0, 0.1) is 43.4 Å². The second kappa shape index (κ2) is 28.1. The van der Waals surface area contributed by atoms with Gasteiger partial charge in [-0.2, -0.15) is 0 Å². The van der Waals surface area contributed by atoms with E-state index in [-0.39, 0.29) is 0 Å². The fourth-order valence-electron chi connectivity index (χ4n) is 7.04. The summed E-state index contributed by atoms with van der Waals surface area (Å²) in [5, 5.41) is 3.34. The SMILES string of the molecule is C#C.C=C(C)c1cc(N2CCN(CCN3CCC(C#Cc4ccc(C5=CNCC=C5C)c(C)c4)CC3)CC2)ccc1CC.C=C(N)CCC(C)C(=C)C.CC.CC. The van der Waals surface area contributed by atoms with E-state index in [1.54, 1.807) is 0 Å². The highest BCUT2D eigenvalue weighted by molar-refractivity contribution is 5.81. The molecule has 3 aliphatic rings. The summed E-state index contributed by atoms with van der Waals surface area (Å²) in [6, 6.07) is 13.6. The molecule has 3 aliphatic heterocycles. The van der Waals surface area contributed by atoms with Gasteiger partial charge in [-0.1, -0.05) is 102 Å². The summed E-state index contributed by atoms with van der Waals surface area (Å²) >= 11 is 0. The van der Waals surface area contributed by atoms with Crippen LogP contribution in [0.15, 0.2) is 85.3 Å². The molecule has 0 aromatic heterocycles. The number of aryl methyl sites for hydroxylation is 2. The molecular weight excluding hydrogens is 695 g/mol. The standard InChI is InChI=1S/C37H48N4.C9H17N.2C2H6.C2H2/c1-6-33-10-11-34(26-36(33)28(2)3)41-23-21-40(22-24-41)20-19-39-17-14-31(15-18-39)7-8-32-9-12-35(30(5)25-32)37-27-38-16-13-29(37)4;1-7(2)8(3)5-6-9(4)10;3*1-2/h9-13,25-27,31,38H,2,6,14-24H2,1,3-5H3;8H,1,4-6,10H2,2-3H3;2*1-2H3;1-2H. The molecule has 1 atom stereocenters. The van der Waals surface area contributed by atoms with Crippen LogP contribution in [0.1, 0.15) is 116 Å². The third-order valence-corrected chi connectivity index (χ3v) is 10.9. The monoisotopic (exact) mass is 774 g/mol. The molecule has 5 rings (SSSR count). The molecule has 0 bridgehead atoms. The molecule has 2 saturated heterocycles. The molecule has 312 valence electrons. The second-order valence-electron chi connectivity index (χ2n) is 15.0. The van der Waals surface area contributed by atoms with Crippen molar-refractivity contribution in [1.82, 2.24) is 15.1 Å². The highest BCUT2D eigenvalue weighted by Gasteiger charge is 2.21. The first-order chi connectivity index (χ1) is 27.4. The fourth-order valence-corrected chi connectivity index (χ4v) is 7.04. The predicted octanol–water partition coefficient (Wildman–Crippen LogP) is 11.1. The molecule has 0 amide bonds. The normalized spacial score (nSPS) is 15.9. The van der Waals surface area contributed by atoms with Crippen LogP contribution in [0.4, 0.5) is 5.69 Å². The number of dihydropyridines is 1. The van der Waals surface area contributed by atoms with Gasteiger partial charge in [-0.25, -0.2) is 0 Å². The van der Waals surface area contributed by atoms with E-state index in [2.05, 4.69) is 148 Å². The number of nitrogens with one attached hydrogen (secondary N) is 1. The smallest absolute Gasteiger partial charge is 0.0373 e. The number of likely N-dealkylation sites (tertiary alicyclic amines) is 1. The number of anilines is 1. The summed E-state index contributed by atoms with van der Waals surface area (Å²) < 4.78 is 0. The van der Waals surface area contributed by atoms with Crippen LogP contribution in [0.2, 0.25) is 0 Å². The first-order valence-electron chi connectivity index (χ1n) is 21.6. The van der Waals surface area contributed by atoms with Gasteiger partial charge in [-0.05, 0) is 131 Å². The van der Waals surface area contributed by atoms with Gasteiger partial charge >= 0.3 is 0 Å². The maximum atomic E-state index is 5.42. The van der Waals surface area contributed by atoms with E-state index in [9.17, 15) is 0 Å². The average molecular weight is 774 g/mol. The molecule has 3 N–H and O–H groups in total. The molecule has 3 heterocycles. The number of piperidine rings is 1. The van der Waals surface area contributed by atoms with Gasteiger partial charge in [0.15, 0.2) is 0 Å². The number of rotatable bonds is 11. The van der Waals surface area contributed by atoms with Crippen molar-refractivity contribution >= 4 is 16.8 Å². The van der Waals surface area contributed by atoms with Crippen molar-refractivity contribution in [2.45, 2.75) is 101 Å². The summed E-state index contributed by atoms with van der Waals surface area (Å²) in [5.41, 5.74) is 19.0. The molecule has 0 aliphatic carbocycles. The summed E-state index contributed by atoms with van der Waals surface area (Å²) in [7, 11) is 0. The van der Waals surface area contributed by atoms with Crippen LogP contribution in [0.25, 0.3) is 11.1 Å². The van der Waals surface area contributed by atoms with E-state index in [4.69, 9.17) is 5.73 Å². The maximum absolute atomic E-state index is 5.42. The van der Waals surface area contributed by atoms with Crippen molar-refractivity contribution in [2.75, 3.05) is 63.8 Å². The number of hydrogen-bond donors (Lipinski definition) is 2. The van der Waals surface area contributed by atoms with E-state index in [0.29, 0.717) is 11.8 Å². The van der Waals surface area contributed by atoms with Gasteiger partial charge < -0.3 is 20.9 Å². The quantitative estimate of drug-likeness (QED) is 0.176. The molecular formula is C52H79N5. The molecule has 0 spiro atoms. The van der Waals surface area contributed by atoms with Crippen LogP contribution in [-0.4, -0.2) is 68.7 Å². The molecule has 5 nitrogen and oxygen atoms in total. The highest BCUT2D eigenvalue weighted by atomic mass is 15.3. The number of nitrogens with two attached hydrogens (primary N) is 1. The van der Waals surface area contributed by atoms with Crippen LogP contribution < -0.4 is 16.0 Å². The number of terminal acetylenes is 1. The predicted molar refractivity (Wildman–Crippen MR) is 255 cm³/mol. The van der Waals surface area contributed by atoms with Gasteiger partial charge in [-0.15, -0.1) is 12.8 Å². The average Bonchev–Trinajstić information content (AvgIpc) is 3.24. The van der Waals surface area contributed by atoms with Gasteiger partial charge in [0.25, 0.3) is 0 Å². The first kappa shape index (κ1) is 50.6. The Bertz CT molecular complexity index is 1680. The molecule has 1 unspecified atom stereocenters. The minimum Gasteiger partial charge on any atom is -0.403 e. The van der Waals surface area contributed by atoms with Crippen molar-refractivity contribution in [3.63, 3.8) is 0 Å². The Morgan fingerprint density at radius 2 is 1.51 bits per heavy atom. The summed E-state index contributed by atoms with van der Waals surface area (Å²) in [6.45, 7) is 42.7. The number of nitrogens with zero attached hydrogens (tertiary/aromatic N) is 3. The molecule has 2 fully saturated rings. The van der Waals surface area contributed by atoms with Gasteiger partial charge in [0.05, 0.1) is 0 Å². The van der Waals surface area contributed by atoms with Crippen molar-refractivity contribution in [2.24, 2.45) is 17.6 Å². The lowest BCUT2D eigenvalue weighted by Crippen LogP contribution is -2.49. The van der Waals surface area contributed by atoms with Crippen LogP contribution >= 0.6 is 0 Å². The van der Waals surface area contributed by atoms with E-state index >= 15 is 0 Å². The number of piperazine rings is 1. The Kier molecular flexibility index (Phi) is 24.9. The first-order valence-corrected chi connectivity index (χ1v) is 21.6. The molecule has 2 aromatic rings. The van der Waals surface area contributed by atoms with Crippen LogP contribution in [-0.2, 0) is 6.42 Å². The van der Waals surface area contributed by atoms with E-state index < -0.39 is 0 Å². The van der Waals surface area contributed by atoms with Gasteiger partial charge in [0.2, 0.25) is 0 Å². The topological polar surface area (TPSA) is 47.8 Å². The summed E-state index contributed by atoms with van der Waals surface area (Å²) in [4.78, 5) is 7.84. The number of allylic oxidation sites excluding steroid dienone is 5.